The smallest absolute Gasteiger partial charge is 0.185 e. The number of ether oxygens (including phenoxy) is 2. The van der Waals surface area contributed by atoms with E-state index in [4.69, 9.17) is 14.5 Å². The molecule has 2 rings (SSSR count). The van der Waals surface area contributed by atoms with Crippen LogP contribution in [0.15, 0.2) is 5.38 Å². The van der Waals surface area contributed by atoms with E-state index in [2.05, 4.69) is 22.5 Å². The summed E-state index contributed by atoms with van der Waals surface area (Å²) in [5.74, 6) is 0.828. The highest BCUT2D eigenvalue weighted by Crippen LogP contribution is 2.37. The van der Waals surface area contributed by atoms with Crippen LogP contribution in [-0.4, -0.2) is 51.5 Å². The lowest BCUT2D eigenvalue weighted by Crippen LogP contribution is -2.37. The van der Waals surface area contributed by atoms with E-state index in [-0.39, 0.29) is 0 Å². The fourth-order valence-electron chi connectivity index (χ4n) is 2.40. The van der Waals surface area contributed by atoms with Gasteiger partial charge in [0.1, 0.15) is 0 Å². The van der Waals surface area contributed by atoms with Gasteiger partial charge >= 0.3 is 0 Å². The first-order chi connectivity index (χ1) is 10.3. The summed E-state index contributed by atoms with van der Waals surface area (Å²) < 4.78 is 10.3. The Bertz CT molecular complexity index is 409. The summed E-state index contributed by atoms with van der Waals surface area (Å²) in [5, 5.41) is 6.61. The first kappa shape index (κ1) is 16.7. The van der Waals surface area contributed by atoms with Gasteiger partial charge in [0, 0.05) is 45.3 Å². The normalized spacial score (nSPS) is 16.1. The van der Waals surface area contributed by atoms with Crippen LogP contribution < -0.4 is 10.2 Å². The molecule has 1 fully saturated rings. The van der Waals surface area contributed by atoms with Crippen LogP contribution in [0.1, 0.15) is 25.5 Å². The fraction of sp³-hybridized carbons (Fsp3) is 0.800. The van der Waals surface area contributed by atoms with Crippen LogP contribution in [0.2, 0.25) is 0 Å². The zero-order valence-corrected chi connectivity index (χ0v) is 14.1. The van der Waals surface area contributed by atoms with Crippen LogP contribution in [0.5, 0.6) is 0 Å². The predicted octanol–water partition coefficient (Wildman–Crippen LogP) is 2.13. The topological polar surface area (TPSA) is 46.6 Å². The number of anilines is 1. The van der Waals surface area contributed by atoms with E-state index in [1.165, 1.54) is 12.8 Å². The Labute approximate surface area is 131 Å². The first-order valence-corrected chi connectivity index (χ1v) is 8.54. The largest absolute Gasteiger partial charge is 0.383 e. The zero-order valence-electron chi connectivity index (χ0n) is 13.3. The molecular weight excluding hydrogens is 286 g/mol. The van der Waals surface area contributed by atoms with E-state index >= 15 is 0 Å². The average Bonchev–Trinajstić information content (AvgIpc) is 3.24. The van der Waals surface area contributed by atoms with Gasteiger partial charge in [0.25, 0.3) is 0 Å². The third-order valence-electron chi connectivity index (χ3n) is 3.91. The second-order valence-electron chi connectivity index (χ2n) is 5.56. The number of methoxy groups -OCH3 is 2. The molecule has 120 valence electrons. The molecule has 0 bridgehead atoms. The molecule has 1 saturated carbocycles. The van der Waals surface area contributed by atoms with Gasteiger partial charge in [0.15, 0.2) is 5.13 Å². The second kappa shape index (κ2) is 8.68. The quantitative estimate of drug-likeness (QED) is 0.634. The van der Waals surface area contributed by atoms with Gasteiger partial charge in [0.05, 0.1) is 18.9 Å². The molecule has 1 heterocycles. The SMILES string of the molecule is COCCNCc1csc(N(CCOC)C(C)C2CC2)n1. The molecule has 0 radical (unpaired) electrons. The summed E-state index contributed by atoms with van der Waals surface area (Å²) in [5.41, 5.74) is 1.11. The average molecular weight is 313 g/mol. The van der Waals surface area contributed by atoms with Gasteiger partial charge in [-0.05, 0) is 25.7 Å². The molecule has 0 aromatic carbocycles. The maximum absolute atomic E-state index is 5.25. The minimum atomic E-state index is 0.556. The van der Waals surface area contributed by atoms with E-state index < -0.39 is 0 Å². The van der Waals surface area contributed by atoms with Crippen molar-refractivity contribution in [3.05, 3.63) is 11.1 Å². The van der Waals surface area contributed by atoms with Gasteiger partial charge in [-0.3, -0.25) is 0 Å². The lowest BCUT2D eigenvalue weighted by atomic mass is 10.2. The highest BCUT2D eigenvalue weighted by molar-refractivity contribution is 7.13. The molecule has 1 aliphatic carbocycles. The molecular formula is C15H27N3O2S. The summed E-state index contributed by atoms with van der Waals surface area (Å²) in [6.07, 6.45) is 2.70. The fourth-order valence-corrected chi connectivity index (χ4v) is 3.34. The summed E-state index contributed by atoms with van der Waals surface area (Å²) in [4.78, 5) is 7.19. The number of aromatic nitrogens is 1. The van der Waals surface area contributed by atoms with E-state index in [1.807, 2.05) is 0 Å². The lowest BCUT2D eigenvalue weighted by Gasteiger charge is -2.28. The molecule has 0 saturated heterocycles. The van der Waals surface area contributed by atoms with Crippen LogP contribution in [0.25, 0.3) is 0 Å². The number of hydrogen-bond donors (Lipinski definition) is 1. The molecule has 1 N–H and O–H groups in total. The second-order valence-corrected chi connectivity index (χ2v) is 6.39. The Morgan fingerprint density at radius 2 is 2.14 bits per heavy atom. The van der Waals surface area contributed by atoms with Gasteiger partial charge < -0.3 is 19.7 Å². The van der Waals surface area contributed by atoms with Gasteiger partial charge in [-0.2, -0.15) is 0 Å². The van der Waals surface area contributed by atoms with Crippen molar-refractivity contribution in [2.75, 3.05) is 45.4 Å². The van der Waals surface area contributed by atoms with Crippen molar-refractivity contribution >= 4 is 16.5 Å². The van der Waals surface area contributed by atoms with Crippen LogP contribution in [-0.2, 0) is 16.0 Å². The minimum Gasteiger partial charge on any atom is -0.383 e. The lowest BCUT2D eigenvalue weighted by molar-refractivity contribution is 0.199. The summed E-state index contributed by atoms with van der Waals surface area (Å²) in [7, 11) is 3.47. The van der Waals surface area contributed by atoms with E-state index in [9.17, 15) is 0 Å². The highest BCUT2D eigenvalue weighted by Gasteiger charge is 2.33. The van der Waals surface area contributed by atoms with E-state index in [0.29, 0.717) is 6.04 Å². The number of hydrogen-bond acceptors (Lipinski definition) is 6. The molecule has 0 spiro atoms. The Kier molecular flexibility index (Phi) is 6.89. The molecule has 1 aromatic rings. The Morgan fingerprint density at radius 3 is 2.81 bits per heavy atom. The van der Waals surface area contributed by atoms with Gasteiger partial charge in [-0.15, -0.1) is 11.3 Å². The zero-order chi connectivity index (χ0) is 15.1. The van der Waals surface area contributed by atoms with Crippen molar-refractivity contribution in [1.29, 1.82) is 0 Å². The number of nitrogens with zero attached hydrogens (tertiary/aromatic N) is 2. The van der Waals surface area contributed by atoms with Crippen LogP contribution in [0.4, 0.5) is 5.13 Å². The summed E-state index contributed by atoms with van der Waals surface area (Å²) in [6.45, 7) is 6.36. The summed E-state index contributed by atoms with van der Waals surface area (Å²) >= 11 is 1.73. The third-order valence-corrected chi connectivity index (χ3v) is 4.83. The molecule has 5 nitrogen and oxygen atoms in total. The van der Waals surface area contributed by atoms with Gasteiger partial charge in [0.2, 0.25) is 0 Å². The molecule has 1 aliphatic rings. The van der Waals surface area contributed by atoms with Crippen LogP contribution in [0, 0.1) is 5.92 Å². The molecule has 6 heteroatoms. The summed E-state index contributed by atoms with van der Waals surface area (Å²) in [6, 6.07) is 0.556. The van der Waals surface area contributed by atoms with Crippen molar-refractivity contribution < 1.29 is 9.47 Å². The van der Waals surface area contributed by atoms with Crippen LogP contribution >= 0.6 is 11.3 Å². The van der Waals surface area contributed by atoms with Crippen molar-refractivity contribution in [3.63, 3.8) is 0 Å². The first-order valence-electron chi connectivity index (χ1n) is 7.66. The van der Waals surface area contributed by atoms with E-state index in [1.54, 1.807) is 25.6 Å². The van der Waals surface area contributed by atoms with Crippen LogP contribution in [0.3, 0.4) is 0 Å². The maximum atomic E-state index is 5.25. The molecule has 0 aliphatic heterocycles. The number of thiazole rings is 1. The van der Waals surface area contributed by atoms with Crippen molar-refractivity contribution in [2.24, 2.45) is 5.92 Å². The molecule has 21 heavy (non-hydrogen) atoms. The standard InChI is InChI=1S/C15H27N3O2S/c1-12(13-4-5-13)18(7-9-20-3)15-17-14(11-21-15)10-16-6-8-19-2/h11-13,16H,4-10H2,1-3H3. The molecule has 1 aromatic heterocycles. The van der Waals surface area contributed by atoms with Crippen molar-refractivity contribution in [3.8, 4) is 0 Å². The molecule has 1 atom stereocenters. The highest BCUT2D eigenvalue weighted by atomic mass is 32.1. The third kappa shape index (κ3) is 5.21. The number of nitrogens with one attached hydrogen (secondary N) is 1. The van der Waals surface area contributed by atoms with Gasteiger partial charge in [-0.1, -0.05) is 0 Å². The molecule has 0 amide bonds. The predicted molar refractivity (Wildman–Crippen MR) is 87.1 cm³/mol. The van der Waals surface area contributed by atoms with E-state index in [0.717, 1.165) is 49.6 Å². The van der Waals surface area contributed by atoms with Crippen molar-refractivity contribution in [1.82, 2.24) is 10.3 Å². The van der Waals surface area contributed by atoms with Crippen molar-refractivity contribution in [2.45, 2.75) is 32.4 Å². The number of rotatable bonds is 11. The maximum Gasteiger partial charge on any atom is 0.185 e. The monoisotopic (exact) mass is 313 g/mol. The Hall–Kier alpha value is -0.690. The molecule has 1 unspecified atom stereocenters. The Balaban J connectivity index is 1.90. The van der Waals surface area contributed by atoms with Gasteiger partial charge in [-0.25, -0.2) is 4.98 Å². The Morgan fingerprint density at radius 1 is 1.38 bits per heavy atom. The minimum absolute atomic E-state index is 0.556.